The molecule has 1 aliphatic rings. The molecule has 1 aromatic heterocycles. The van der Waals surface area contributed by atoms with Crippen molar-refractivity contribution in [2.24, 2.45) is 0 Å². The lowest BCUT2D eigenvalue weighted by atomic mass is 9.99. The number of fused-ring (bicyclic) bond motifs is 2. The fourth-order valence-electron chi connectivity index (χ4n) is 4.05. The molecule has 34 heavy (non-hydrogen) atoms. The second-order valence-corrected chi connectivity index (χ2v) is 11.1. The van der Waals surface area contributed by atoms with Gasteiger partial charge in [-0.3, -0.25) is 9.10 Å². The predicted molar refractivity (Wildman–Crippen MR) is 130 cm³/mol. The van der Waals surface area contributed by atoms with Gasteiger partial charge in [0.2, 0.25) is 0 Å². The van der Waals surface area contributed by atoms with Gasteiger partial charge in [0, 0.05) is 18.4 Å². The van der Waals surface area contributed by atoms with E-state index in [-0.39, 0.29) is 12.1 Å². The summed E-state index contributed by atoms with van der Waals surface area (Å²) in [7, 11) is -4.10. The number of nitrogens with zero attached hydrogens (tertiary/aromatic N) is 2. The predicted octanol–water partition coefficient (Wildman–Crippen LogP) is 3.26. The maximum Gasteiger partial charge on any atom is 0.422 e. The number of aryl methyl sites for hydroxylation is 2. The molecule has 10 heteroatoms. The van der Waals surface area contributed by atoms with Crippen molar-refractivity contribution < 1.29 is 17.9 Å². The van der Waals surface area contributed by atoms with E-state index < -0.39 is 21.9 Å². The molecule has 0 bridgehead atoms. The van der Waals surface area contributed by atoms with Gasteiger partial charge in [-0.15, -0.1) is 0 Å². The molecule has 9 nitrogen and oxygen atoms in total. The van der Waals surface area contributed by atoms with Crippen LogP contribution >= 0.6 is 0 Å². The molecule has 0 unspecified atom stereocenters. The van der Waals surface area contributed by atoms with E-state index in [1.165, 1.54) is 4.31 Å². The van der Waals surface area contributed by atoms with E-state index in [0.717, 1.165) is 33.3 Å². The number of amides is 1. The van der Waals surface area contributed by atoms with Crippen molar-refractivity contribution in [1.29, 1.82) is 0 Å². The zero-order valence-electron chi connectivity index (χ0n) is 19.9. The summed E-state index contributed by atoms with van der Waals surface area (Å²) in [4.78, 5) is 24.3. The molecule has 3 aromatic rings. The van der Waals surface area contributed by atoms with E-state index in [2.05, 4.69) is 10.2 Å². The number of carbonyl (C=O) groups excluding carboxylic acids is 1. The third kappa shape index (κ3) is 4.77. The van der Waals surface area contributed by atoms with Crippen LogP contribution in [-0.2, 0) is 27.8 Å². The zero-order chi connectivity index (χ0) is 24.8. The van der Waals surface area contributed by atoms with Crippen LogP contribution in [0.2, 0.25) is 0 Å². The molecule has 1 aliphatic heterocycles. The minimum absolute atomic E-state index is 0.217. The number of anilines is 1. The van der Waals surface area contributed by atoms with E-state index in [4.69, 9.17) is 4.74 Å². The first-order chi connectivity index (χ1) is 15.8. The van der Waals surface area contributed by atoms with Crippen molar-refractivity contribution in [3.8, 4) is 0 Å². The Bertz CT molecular complexity index is 1450. The van der Waals surface area contributed by atoms with Crippen LogP contribution < -0.4 is 14.6 Å². The first kappa shape index (κ1) is 23.7. The topological polar surface area (TPSA) is 121 Å². The smallest absolute Gasteiger partial charge is 0.422 e. The van der Waals surface area contributed by atoms with E-state index in [9.17, 15) is 18.0 Å². The van der Waals surface area contributed by atoms with Crippen LogP contribution in [0.25, 0.3) is 10.8 Å². The van der Waals surface area contributed by atoms with Crippen molar-refractivity contribution in [3.05, 3.63) is 68.6 Å². The summed E-state index contributed by atoms with van der Waals surface area (Å²) in [6, 6.07) is 9.36. The summed E-state index contributed by atoms with van der Waals surface area (Å²) in [5.41, 5.74) is 4.13. The lowest BCUT2D eigenvalue weighted by molar-refractivity contribution is 0.0570. The molecule has 0 saturated carbocycles. The minimum Gasteiger partial charge on any atom is -0.443 e. The maximum atomic E-state index is 12.8. The molecule has 0 spiro atoms. The number of carbonyl (C=O) groups is 1. The van der Waals surface area contributed by atoms with Gasteiger partial charge in [-0.1, -0.05) is 12.1 Å². The Balaban J connectivity index is 1.59. The van der Waals surface area contributed by atoms with Gasteiger partial charge in [0.05, 0.1) is 16.8 Å². The number of H-pyrrole nitrogens is 1. The van der Waals surface area contributed by atoms with Crippen molar-refractivity contribution in [2.45, 2.75) is 53.1 Å². The fraction of sp³-hybridized carbons (Fsp3) is 0.375. The molecule has 1 amide bonds. The van der Waals surface area contributed by atoms with E-state index >= 15 is 0 Å². The number of hydrogen-bond acceptors (Lipinski definition) is 6. The van der Waals surface area contributed by atoms with Gasteiger partial charge in [0.1, 0.15) is 5.60 Å². The molecule has 0 atom stereocenters. The number of ether oxygens (including phenoxy) is 1. The number of hydrogen-bond donors (Lipinski definition) is 2. The largest absolute Gasteiger partial charge is 0.443 e. The molecule has 0 radical (unpaired) electrons. The Labute approximate surface area is 198 Å². The van der Waals surface area contributed by atoms with Gasteiger partial charge in [0.25, 0.3) is 5.56 Å². The van der Waals surface area contributed by atoms with Crippen LogP contribution in [0.4, 0.5) is 10.5 Å². The Morgan fingerprint density at radius 1 is 1.15 bits per heavy atom. The molecular formula is C24H28N4O5S. The summed E-state index contributed by atoms with van der Waals surface area (Å²) in [5.74, 6) is 0. The number of rotatable bonds is 4. The van der Waals surface area contributed by atoms with Gasteiger partial charge >= 0.3 is 16.3 Å². The average molecular weight is 485 g/mol. The lowest BCUT2D eigenvalue weighted by Gasteiger charge is -2.23. The highest BCUT2D eigenvalue weighted by molar-refractivity contribution is 7.91. The average Bonchev–Trinajstić information content (AvgIpc) is 3.14. The first-order valence-electron chi connectivity index (χ1n) is 11.0. The molecule has 0 fully saturated rings. The molecule has 180 valence electrons. The third-order valence-electron chi connectivity index (χ3n) is 5.75. The van der Waals surface area contributed by atoms with Crippen LogP contribution in [0.1, 0.15) is 48.7 Å². The van der Waals surface area contributed by atoms with E-state index in [1.54, 1.807) is 26.8 Å². The summed E-state index contributed by atoms with van der Waals surface area (Å²) < 4.78 is 33.8. The molecule has 2 heterocycles. The second-order valence-electron chi connectivity index (χ2n) is 9.55. The third-order valence-corrected chi connectivity index (χ3v) is 7.14. The minimum atomic E-state index is -4.10. The standard InChI is InChI=1S/C24H28N4O5S/c1-14-10-18-19(11-15(14)2)22(29)26-25-20(18)13-16-6-7-21-17(12-16)8-9-28(21)34(31,32)27-23(30)33-24(3,4)5/h6-7,10-12H,8-9,13H2,1-5H3,(H,26,29)(H,27,30). The van der Waals surface area contributed by atoms with Crippen molar-refractivity contribution in [1.82, 2.24) is 14.9 Å². The van der Waals surface area contributed by atoms with Crippen molar-refractivity contribution >= 4 is 32.8 Å². The summed E-state index contributed by atoms with van der Waals surface area (Å²) in [6.45, 7) is 9.16. The van der Waals surface area contributed by atoms with Crippen LogP contribution in [0.5, 0.6) is 0 Å². The molecule has 2 N–H and O–H groups in total. The number of aromatic amines is 1. The van der Waals surface area contributed by atoms with Crippen LogP contribution in [0.15, 0.2) is 35.1 Å². The lowest BCUT2D eigenvalue weighted by Crippen LogP contribution is -2.44. The molecule has 0 aliphatic carbocycles. The van der Waals surface area contributed by atoms with Gasteiger partial charge in [-0.05, 0) is 81.5 Å². The number of benzene rings is 2. The first-order valence-corrected chi connectivity index (χ1v) is 12.4. The Kier molecular flexibility index (Phi) is 5.89. The quantitative estimate of drug-likeness (QED) is 0.586. The Morgan fingerprint density at radius 2 is 1.82 bits per heavy atom. The van der Waals surface area contributed by atoms with Gasteiger partial charge in [-0.25, -0.2) is 14.6 Å². The number of aromatic nitrogens is 2. The highest BCUT2D eigenvalue weighted by Crippen LogP contribution is 2.32. The normalized spacial score (nSPS) is 13.7. The Morgan fingerprint density at radius 3 is 2.50 bits per heavy atom. The molecular weight excluding hydrogens is 456 g/mol. The van der Waals surface area contributed by atoms with Crippen LogP contribution in [0, 0.1) is 13.8 Å². The van der Waals surface area contributed by atoms with Gasteiger partial charge < -0.3 is 4.74 Å². The van der Waals surface area contributed by atoms with Gasteiger partial charge in [-0.2, -0.15) is 13.5 Å². The molecule has 0 saturated heterocycles. The van der Waals surface area contributed by atoms with E-state index in [1.807, 2.05) is 42.8 Å². The summed E-state index contributed by atoms with van der Waals surface area (Å²) >= 11 is 0. The molecule has 2 aromatic carbocycles. The monoisotopic (exact) mass is 484 g/mol. The van der Waals surface area contributed by atoms with E-state index in [0.29, 0.717) is 23.9 Å². The second kappa shape index (κ2) is 8.43. The molecule has 4 rings (SSSR count). The highest BCUT2D eigenvalue weighted by atomic mass is 32.2. The highest BCUT2D eigenvalue weighted by Gasteiger charge is 2.32. The summed E-state index contributed by atoms with van der Waals surface area (Å²) in [6.07, 6.45) is -0.0261. The van der Waals surface area contributed by atoms with Crippen molar-refractivity contribution in [2.75, 3.05) is 10.8 Å². The van der Waals surface area contributed by atoms with Crippen molar-refractivity contribution in [3.63, 3.8) is 0 Å². The fourth-order valence-corrected chi connectivity index (χ4v) is 5.18. The summed E-state index contributed by atoms with van der Waals surface area (Å²) in [5, 5.41) is 8.26. The zero-order valence-corrected chi connectivity index (χ0v) is 20.7. The van der Waals surface area contributed by atoms with Crippen LogP contribution in [0.3, 0.4) is 0 Å². The SMILES string of the molecule is Cc1cc2c(Cc3ccc4c(c3)CCN4S(=O)(=O)NC(=O)OC(C)(C)C)n[nH]c(=O)c2cc1C. The Hall–Kier alpha value is -3.40. The van der Waals surface area contributed by atoms with Crippen LogP contribution in [-0.4, -0.2) is 36.9 Å². The van der Waals surface area contributed by atoms with Gasteiger partial charge in [0.15, 0.2) is 0 Å². The number of nitrogens with one attached hydrogen (secondary N) is 2. The maximum absolute atomic E-state index is 12.8.